The first-order chi connectivity index (χ1) is 9.45. The molecule has 0 aromatic rings. The van der Waals surface area contributed by atoms with Gasteiger partial charge in [0.25, 0.3) is 0 Å². The average Bonchev–Trinajstić information content (AvgIpc) is 2.34. The normalized spacial score (nSPS) is 11.6. The summed E-state index contributed by atoms with van der Waals surface area (Å²) in [6, 6.07) is 0. The molecule has 0 radical (unpaired) electrons. The molecule has 0 amide bonds. The molecule has 0 N–H and O–H groups in total. The highest BCUT2D eigenvalue weighted by atomic mass is 79.9. The number of esters is 1. The zero-order chi connectivity index (χ0) is 15.3. The van der Waals surface area contributed by atoms with Crippen LogP contribution in [0.5, 0.6) is 0 Å². The van der Waals surface area contributed by atoms with Crippen molar-refractivity contribution in [1.29, 1.82) is 0 Å². The molecule has 0 aromatic carbocycles. The van der Waals surface area contributed by atoms with Crippen LogP contribution in [0.25, 0.3) is 0 Å². The van der Waals surface area contributed by atoms with Crippen LogP contribution in [0.4, 0.5) is 0 Å². The van der Waals surface area contributed by atoms with Crippen molar-refractivity contribution in [2.24, 2.45) is 0 Å². The quantitative estimate of drug-likeness (QED) is 0.286. The zero-order valence-corrected chi connectivity index (χ0v) is 15.0. The summed E-state index contributed by atoms with van der Waals surface area (Å²) in [6.45, 7) is 6.86. The monoisotopic (exact) mass is 350 g/mol. The van der Waals surface area contributed by atoms with E-state index in [9.17, 15) is 4.79 Å². The van der Waals surface area contributed by atoms with Crippen LogP contribution in [-0.2, 0) is 14.3 Å². The van der Waals surface area contributed by atoms with Crippen LogP contribution in [0.2, 0.25) is 0 Å². The Bertz CT molecular complexity index is 236. The molecule has 0 saturated heterocycles. The smallest absolute Gasteiger partial charge is 0.308 e. The molecule has 3 nitrogen and oxygen atoms in total. The lowest BCUT2D eigenvalue weighted by atomic mass is 10.1. The maximum Gasteiger partial charge on any atom is 0.308 e. The van der Waals surface area contributed by atoms with Gasteiger partial charge in [0, 0.05) is 11.9 Å². The summed E-state index contributed by atoms with van der Waals surface area (Å²) in [6.07, 6.45) is 9.23. The summed E-state index contributed by atoms with van der Waals surface area (Å²) >= 11 is 3.44. The maximum absolute atomic E-state index is 11.4. The number of unbranched alkanes of at least 4 members (excludes halogenated alkanes) is 6. The van der Waals surface area contributed by atoms with E-state index in [1.54, 1.807) is 0 Å². The van der Waals surface area contributed by atoms with Crippen molar-refractivity contribution >= 4 is 21.9 Å². The molecule has 0 spiro atoms. The average molecular weight is 351 g/mol. The van der Waals surface area contributed by atoms with E-state index >= 15 is 0 Å². The van der Waals surface area contributed by atoms with Crippen molar-refractivity contribution < 1.29 is 14.3 Å². The standard InChI is InChI=1S/C16H31BrO3/c1-16(2,3)20-15(18)11-14-19-13-10-8-6-4-5-7-9-12-17/h4-14H2,1-3H3. The predicted molar refractivity (Wildman–Crippen MR) is 87.4 cm³/mol. The highest BCUT2D eigenvalue weighted by Crippen LogP contribution is 2.09. The molecule has 0 aliphatic heterocycles. The highest BCUT2D eigenvalue weighted by Gasteiger charge is 2.15. The van der Waals surface area contributed by atoms with Crippen molar-refractivity contribution in [2.45, 2.75) is 77.7 Å². The summed E-state index contributed by atoms with van der Waals surface area (Å²) in [7, 11) is 0. The van der Waals surface area contributed by atoms with Crippen molar-refractivity contribution in [3.05, 3.63) is 0 Å². The molecule has 0 unspecified atom stereocenters. The molecule has 4 heteroatoms. The lowest BCUT2D eigenvalue weighted by molar-refractivity contribution is -0.156. The number of halogens is 1. The molecule has 0 aliphatic rings. The number of carbonyl (C=O) groups excluding carboxylic acids is 1. The number of carbonyl (C=O) groups is 1. The Morgan fingerprint density at radius 1 is 0.900 bits per heavy atom. The second kappa shape index (κ2) is 12.6. The van der Waals surface area contributed by atoms with E-state index in [4.69, 9.17) is 9.47 Å². The minimum atomic E-state index is -0.397. The van der Waals surface area contributed by atoms with Gasteiger partial charge >= 0.3 is 5.97 Å². The summed E-state index contributed by atoms with van der Waals surface area (Å²) in [5.41, 5.74) is -0.397. The van der Waals surface area contributed by atoms with Gasteiger partial charge in [-0.2, -0.15) is 0 Å². The molecule has 0 rings (SSSR count). The fourth-order valence-electron chi connectivity index (χ4n) is 1.83. The molecule has 0 saturated carbocycles. The summed E-state index contributed by atoms with van der Waals surface area (Å²) in [5, 5.41) is 1.12. The summed E-state index contributed by atoms with van der Waals surface area (Å²) < 4.78 is 10.7. The largest absolute Gasteiger partial charge is 0.460 e. The number of rotatable bonds is 12. The third kappa shape index (κ3) is 16.0. The Kier molecular flexibility index (Phi) is 12.6. The first kappa shape index (κ1) is 19.9. The minimum Gasteiger partial charge on any atom is -0.460 e. The predicted octanol–water partition coefficient (Wildman–Crippen LogP) is 4.86. The molecule has 0 atom stereocenters. The zero-order valence-electron chi connectivity index (χ0n) is 13.4. The molecule has 0 aromatic heterocycles. The number of alkyl halides is 1. The van der Waals surface area contributed by atoms with Gasteiger partial charge in [0.1, 0.15) is 5.60 Å². The Hall–Kier alpha value is -0.0900. The van der Waals surface area contributed by atoms with Gasteiger partial charge in [-0.3, -0.25) is 4.79 Å². The van der Waals surface area contributed by atoms with Crippen LogP contribution in [-0.4, -0.2) is 30.1 Å². The highest BCUT2D eigenvalue weighted by molar-refractivity contribution is 9.09. The van der Waals surface area contributed by atoms with E-state index in [1.807, 2.05) is 20.8 Å². The Morgan fingerprint density at radius 2 is 1.45 bits per heavy atom. The van der Waals surface area contributed by atoms with Crippen molar-refractivity contribution in [3.8, 4) is 0 Å². The molecule has 120 valence electrons. The van der Waals surface area contributed by atoms with E-state index < -0.39 is 5.60 Å². The van der Waals surface area contributed by atoms with Gasteiger partial charge in [-0.05, 0) is 33.6 Å². The van der Waals surface area contributed by atoms with E-state index in [1.165, 1.54) is 38.5 Å². The fraction of sp³-hybridized carbons (Fsp3) is 0.938. The minimum absolute atomic E-state index is 0.177. The molecular formula is C16H31BrO3. The molecule has 0 bridgehead atoms. The molecular weight excluding hydrogens is 320 g/mol. The van der Waals surface area contributed by atoms with Crippen molar-refractivity contribution in [2.75, 3.05) is 18.5 Å². The lowest BCUT2D eigenvalue weighted by Crippen LogP contribution is -2.24. The van der Waals surface area contributed by atoms with Crippen LogP contribution >= 0.6 is 15.9 Å². The molecule has 0 fully saturated rings. The van der Waals surface area contributed by atoms with Gasteiger partial charge in [0.05, 0.1) is 13.0 Å². The van der Waals surface area contributed by atoms with E-state index in [0.29, 0.717) is 13.0 Å². The van der Waals surface area contributed by atoms with E-state index in [-0.39, 0.29) is 5.97 Å². The van der Waals surface area contributed by atoms with Gasteiger partial charge in [-0.1, -0.05) is 48.0 Å². The third-order valence-electron chi connectivity index (χ3n) is 2.79. The lowest BCUT2D eigenvalue weighted by Gasteiger charge is -2.19. The van der Waals surface area contributed by atoms with Crippen molar-refractivity contribution in [1.82, 2.24) is 0 Å². The van der Waals surface area contributed by atoms with Crippen LogP contribution < -0.4 is 0 Å². The third-order valence-corrected chi connectivity index (χ3v) is 3.35. The number of ether oxygens (including phenoxy) is 2. The number of hydrogen-bond donors (Lipinski definition) is 0. The van der Waals surface area contributed by atoms with Gasteiger partial charge in [0.15, 0.2) is 0 Å². The summed E-state index contributed by atoms with van der Waals surface area (Å²) in [4.78, 5) is 11.4. The fourth-order valence-corrected chi connectivity index (χ4v) is 2.23. The molecule has 0 aliphatic carbocycles. The second-order valence-corrected chi connectivity index (χ2v) is 6.91. The Labute approximate surface area is 132 Å². The van der Waals surface area contributed by atoms with Crippen LogP contribution in [0, 0.1) is 0 Å². The first-order valence-corrected chi connectivity index (χ1v) is 8.93. The first-order valence-electron chi connectivity index (χ1n) is 7.81. The SMILES string of the molecule is CC(C)(C)OC(=O)CCOCCCCCCCCCBr. The van der Waals surface area contributed by atoms with E-state index in [0.717, 1.165) is 18.4 Å². The van der Waals surface area contributed by atoms with Crippen LogP contribution in [0.3, 0.4) is 0 Å². The Morgan fingerprint density at radius 3 is 2.00 bits per heavy atom. The summed E-state index contributed by atoms with van der Waals surface area (Å²) in [5.74, 6) is -0.177. The van der Waals surface area contributed by atoms with Gasteiger partial charge in [0.2, 0.25) is 0 Å². The van der Waals surface area contributed by atoms with Crippen molar-refractivity contribution in [3.63, 3.8) is 0 Å². The Balaban J connectivity index is 3.19. The van der Waals surface area contributed by atoms with Gasteiger partial charge in [-0.15, -0.1) is 0 Å². The number of hydrogen-bond acceptors (Lipinski definition) is 3. The van der Waals surface area contributed by atoms with Crippen LogP contribution in [0.1, 0.15) is 72.1 Å². The topological polar surface area (TPSA) is 35.5 Å². The maximum atomic E-state index is 11.4. The molecule has 0 heterocycles. The second-order valence-electron chi connectivity index (χ2n) is 6.11. The molecule has 20 heavy (non-hydrogen) atoms. The van der Waals surface area contributed by atoms with Gasteiger partial charge < -0.3 is 9.47 Å². The van der Waals surface area contributed by atoms with Crippen LogP contribution in [0.15, 0.2) is 0 Å². The van der Waals surface area contributed by atoms with E-state index in [2.05, 4.69) is 15.9 Å². The van der Waals surface area contributed by atoms with Gasteiger partial charge in [-0.25, -0.2) is 0 Å².